The molecule has 0 aromatic heterocycles. The maximum atomic E-state index is 11.3. The Balaban J connectivity index is 4.40. The summed E-state index contributed by atoms with van der Waals surface area (Å²) in [5, 5.41) is 0. The molecule has 0 aromatic rings. The third-order valence-electron chi connectivity index (χ3n) is 1.23. The molecule has 0 atom stereocenters. The third kappa shape index (κ3) is 5.06. The van der Waals surface area contributed by atoms with Gasteiger partial charge in [-0.05, 0) is 13.8 Å². The van der Waals surface area contributed by atoms with Crippen molar-refractivity contribution in [2.75, 3.05) is 19.9 Å². The molecule has 0 bridgehead atoms. The standard InChI is InChI=1S/C9H15O4P/c1-6-7-12-8(10)9(2,3)13-14(4,5)11/h1H,7H2,2-5H3. The molecule has 0 amide bonds. The van der Waals surface area contributed by atoms with E-state index in [4.69, 9.17) is 10.9 Å². The molecular weight excluding hydrogens is 203 g/mol. The van der Waals surface area contributed by atoms with Crippen LogP contribution in [-0.2, 0) is 18.6 Å². The van der Waals surface area contributed by atoms with Crippen molar-refractivity contribution in [1.82, 2.24) is 0 Å². The zero-order valence-electron chi connectivity index (χ0n) is 8.86. The number of carbonyl (C=O) groups excluding carboxylic acids is 1. The smallest absolute Gasteiger partial charge is 0.339 e. The van der Waals surface area contributed by atoms with Gasteiger partial charge in [-0.2, -0.15) is 0 Å². The Bertz CT molecular complexity index is 294. The van der Waals surface area contributed by atoms with Crippen LogP contribution >= 0.6 is 7.37 Å². The molecule has 0 radical (unpaired) electrons. The molecule has 0 N–H and O–H groups in total. The van der Waals surface area contributed by atoms with Crippen molar-refractivity contribution in [1.29, 1.82) is 0 Å². The van der Waals surface area contributed by atoms with Crippen molar-refractivity contribution in [3.63, 3.8) is 0 Å². The Morgan fingerprint density at radius 1 is 1.50 bits per heavy atom. The monoisotopic (exact) mass is 218 g/mol. The summed E-state index contributed by atoms with van der Waals surface area (Å²) in [6.45, 7) is 5.74. The zero-order valence-corrected chi connectivity index (χ0v) is 9.76. The Hall–Kier alpha value is -0.780. The van der Waals surface area contributed by atoms with Crippen molar-refractivity contribution in [2.45, 2.75) is 19.4 Å². The van der Waals surface area contributed by atoms with E-state index < -0.39 is 18.9 Å². The first-order chi connectivity index (χ1) is 6.19. The van der Waals surface area contributed by atoms with E-state index >= 15 is 0 Å². The van der Waals surface area contributed by atoms with Gasteiger partial charge in [0.2, 0.25) is 0 Å². The van der Waals surface area contributed by atoms with E-state index in [1.807, 2.05) is 0 Å². The molecule has 0 saturated heterocycles. The number of esters is 1. The number of hydrogen-bond donors (Lipinski definition) is 0. The van der Waals surface area contributed by atoms with E-state index in [1.54, 1.807) is 0 Å². The fourth-order valence-corrected chi connectivity index (χ4v) is 2.04. The zero-order chi connectivity index (χ0) is 11.4. The van der Waals surface area contributed by atoms with Gasteiger partial charge in [-0.15, -0.1) is 6.42 Å². The Kier molecular flexibility index (Phi) is 4.38. The quantitative estimate of drug-likeness (QED) is 0.407. The first-order valence-corrected chi connectivity index (χ1v) is 6.57. The second-order valence-electron chi connectivity index (χ2n) is 3.63. The van der Waals surface area contributed by atoms with Crippen molar-refractivity contribution >= 4 is 13.3 Å². The SMILES string of the molecule is C#CCOC(=O)C(C)(C)OP(C)(C)=O. The Morgan fingerprint density at radius 3 is 2.36 bits per heavy atom. The molecular formula is C9H15O4P. The predicted molar refractivity (Wildman–Crippen MR) is 54.4 cm³/mol. The molecule has 0 aliphatic rings. The highest BCUT2D eigenvalue weighted by atomic mass is 31.2. The summed E-state index contributed by atoms with van der Waals surface area (Å²) in [6.07, 6.45) is 4.92. The molecule has 0 spiro atoms. The topological polar surface area (TPSA) is 52.6 Å². The molecule has 0 saturated carbocycles. The normalized spacial score (nSPS) is 11.9. The van der Waals surface area contributed by atoms with Crippen LogP contribution in [0.25, 0.3) is 0 Å². The number of ether oxygens (including phenoxy) is 1. The van der Waals surface area contributed by atoms with Gasteiger partial charge in [0.25, 0.3) is 0 Å². The largest absolute Gasteiger partial charge is 0.450 e. The lowest BCUT2D eigenvalue weighted by atomic mass is 10.1. The maximum absolute atomic E-state index is 11.3. The number of rotatable bonds is 4. The second-order valence-corrected chi connectivity index (χ2v) is 6.32. The van der Waals surface area contributed by atoms with Gasteiger partial charge in [-0.1, -0.05) is 5.92 Å². The molecule has 0 unspecified atom stereocenters. The summed E-state index contributed by atoms with van der Waals surface area (Å²) in [4.78, 5) is 11.3. The van der Waals surface area contributed by atoms with Crippen molar-refractivity contribution in [3.8, 4) is 12.3 Å². The van der Waals surface area contributed by atoms with Crippen LogP contribution in [0.15, 0.2) is 0 Å². The van der Waals surface area contributed by atoms with E-state index in [9.17, 15) is 9.36 Å². The second kappa shape index (κ2) is 4.63. The first kappa shape index (κ1) is 13.2. The molecule has 0 aliphatic carbocycles. The highest BCUT2D eigenvalue weighted by molar-refractivity contribution is 7.57. The lowest BCUT2D eigenvalue weighted by Crippen LogP contribution is -2.35. The van der Waals surface area contributed by atoms with E-state index in [-0.39, 0.29) is 6.61 Å². The van der Waals surface area contributed by atoms with Gasteiger partial charge >= 0.3 is 5.97 Å². The van der Waals surface area contributed by atoms with Crippen molar-refractivity contribution < 1.29 is 18.6 Å². The van der Waals surface area contributed by atoms with Crippen LogP contribution in [0.2, 0.25) is 0 Å². The highest BCUT2D eigenvalue weighted by Gasteiger charge is 2.34. The Labute approximate surface area is 84.4 Å². The van der Waals surface area contributed by atoms with Gasteiger partial charge in [0, 0.05) is 13.3 Å². The predicted octanol–water partition coefficient (Wildman–Crippen LogP) is 1.50. The lowest BCUT2D eigenvalue weighted by Gasteiger charge is -2.24. The van der Waals surface area contributed by atoms with Crippen LogP contribution in [0, 0.1) is 12.3 Å². The van der Waals surface area contributed by atoms with Crippen LogP contribution < -0.4 is 0 Å². The van der Waals surface area contributed by atoms with Crippen molar-refractivity contribution in [3.05, 3.63) is 0 Å². The minimum absolute atomic E-state index is 0.108. The minimum atomic E-state index is -2.73. The molecule has 80 valence electrons. The highest BCUT2D eigenvalue weighted by Crippen LogP contribution is 2.42. The average Bonchev–Trinajstić information content (AvgIpc) is 1.95. The molecule has 0 rings (SSSR count). The lowest BCUT2D eigenvalue weighted by molar-refractivity contribution is -0.157. The van der Waals surface area contributed by atoms with E-state index in [1.165, 1.54) is 27.2 Å². The fourth-order valence-electron chi connectivity index (χ4n) is 0.868. The van der Waals surface area contributed by atoms with E-state index in [2.05, 4.69) is 10.7 Å². The summed E-state index contributed by atoms with van der Waals surface area (Å²) in [5.41, 5.74) is -1.23. The number of hydrogen-bond acceptors (Lipinski definition) is 4. The average molecular weight is 218 g/mol. The van der Waals surface area contributed by atoms with Gasteiger partial charge in [-0.3, -0.25) is 4.57 Å². The third-order valence-corrected chi connectivity index (χ3v) is 2.12. The molecule has 5 heteroatoms. The molecule has 0 heterocycles. The first-order valence-electron chi connectivity index (χ1n) is 4.05. The maximum Gasteiger partial charge on any atom is 0.339 e. The summed E-state index contributed by atoms with van der Waals surface area (Å²) in [5.74, 6) is 1.55. The van der Waals surface area contributed by atoms with Crippen LogP contribution in [0.3, 0.4) is 0 Å². The number of carbonyl (C=O) groups is 1. The van der Waals surface area contributed by atoms with Gasteiger partial charge in [0.1, 0.15) is 0 Å². The summed E-state index contributed by atoms with van der Waals surface area (Å²) >= 11 is 0. The molecule has 0 aliphatic heterocycles. The van der Waals surface area contributed by atoms with E-state index in [0.717, 1.165) is 0 Å². The Morgan fingerprint density at radius 2 is 2.00 bits per heavy atom. The van der Waals surface area contributed by atoms with Gasteiger partial charge in [-0.25, -0.2) is 4.79 Å². The summed E-state index contributed by atoms with van der Waals surface area (Å²) < 4.78 is 21.1. The number of terminal acetylenes is 1. The molecule has 4 nitrogen and oxygen atoms in total. The van der Waals surface area contributed by atoms with E-state index in [0.29, 0.717) is 0 Å². The fraction of sp³-hybridized carbons (Fsp3) is 0.667. The van der Waals surface area contributed by atoms with Crippen LogP contribution in [0.5, 0.6) is 0 Å². The summed E-state index contributed by atoms with van der Waals surface area (Å²) in [7, 11) is -2.73. The van der Waals surface area contributed by atoms with Crippen LogP contribution in [0.4, 0.5) is 0 Å². The molecule has 0 fully saturated rings. The van der Waals surface area contributed by atoms with Gasteiger partial charge < -0.3 is 9.26 Å². The van der Waals surface area contributed by atoms with Crippen molar-refractivity contribution in [2.24, 2.45) is 0 Å². The summed E-state index contributed by atoms with van der Waals surface area (Å²) in [6, 6.07) is 0. The van der Waals surface area contributed by atoms with Gasteiger partial charge in [0.05, 0.1) is 0 Å². The van der Waals surface area contributed by atoms with Crippen LogP contribution in [-0.4, -0.2) is 31.5 Å². The molecule has 14 heavy (non-hydrogen) atoms. The van der Waals surface area contributed by atoms with Crippen LogP contribution in [0.1, 0.15) is 13.8 Å². The van der Waals surface area contributed by atoms with Gasteiger partial charge in [0.15, 0.2) is 19.6 Å². The molecule has 0 aromatic carbocycles. The minimum Gasteiger partial charge on any atom is -0.450 e.